The summed E-state index contributed by atoms with van der Waals surface area (Å²) in [6.45, 7) is 2.02. The molecule has 0 spiro atoms. The summed E-state index contributed by atoms with van der Waals surface area (Å²) in [6.07, 6.45) is 3.72. The SMILES string of the molecule is CCCC[C@@H](Nc1ncnc2ccccc12)C(=O)[O-]. The van der Waals surface area contributed by atoms with Crippen molar-refractivity contribution in [2.45, 2.75) is 32.2 Å². The summed E-state index contributed by atoms with van der Waals surface area (Å²) < 4.78 is 0. The molecule has 0 fully saturated rings. The van der Waals surface area contributed by atoms with E-state index in [-0.39, 0.29) is 0 Å². The van der Waals surface area contributed by atoms with Crippen LogP contribution in [-0.4, -0.2) is 22.0 Å². The number of benzene rings is 1. The van der Waals surface area contributed by atoms with E-state index < -0.39 is 12.0 Å². The number of hydrogen-bond donors (Lipinski definition) is 1. The fraction of sp³-hybridized carbons (Fsp3) is 0.357. The highest BCUT2D eigenvalue weighted by atomic mass is 16.4. The molecule has 1 atom stereocenters. The third-order valence-corrected chi connectivity index (χ3v) is 2.98. The van der Waals surface area contributed by atoms with Crippen LogP contribution in [0.5, 0.6) is 0 Å². The molecule has 0 saturated carbocycles. The van der Waals surface area contributed by atoms with Gasteiger partial charge in [-0.3, -0.25) is 0 Å². The highest BCUT2D eigenvalue weighted by molar-refractivity contribution is 5.90. The van der Waals surface area contributed by atoms with E-state index in [0.29, 0.717) is 12.2 Å². The van der Waals surface area contributed by atoms with Crippen molar-refractivity contribution in [3.05, 3.63) is 30.6 Å². The van der Waals surface area contributed by atoms with Crippen LogP contribution in [0.3, 0.4) is 0 Å². The predicted molar refractivity (Wildman–Crippen MR) is 71.5 cm³/mol. The molecule has 1 heterocycles. The number of nitrogens with zero attached hydrogens (tertiary/aromatic N) is 2. The molecule has 100 valence electrons. The molecule has 1 N–H and O–H groups in total. The summed E-state index contributed by atoms with van der Waals surface area (Å²) in [6, 6.07) is 6.76. The molecule has 0 aliphatic carbocycles. The normalized spacial score (nSPS) is 12.3. The molecule has 5 nitrogen and oxygen atoms in total. The summed E-state index contributed by atoms with van der Waals surface area (Å²) in [5.41, 5.74) is 0.785. The number of nitrogens with one attached hydrogen (secondary N) is 1. The highest BCUT2D eigenvalue weighted by Gasteiger charge is 2.12. The molecule has 19 heavy (non-hydrogen) atoms. The summed E-state index contributed by atoms with van der Waals surface area (Å²) in [7, 11) is 0. The molecule has 1 aromatic carbocycles. The van der Waals surface area contributed by atoms with Gasteiger partial charge in [-0.2, -0.15) is 0 Å². The van der Waals surface area contributed by atoms with Gasteiger partial charge in [0.15, 0.2) is 0 Å². The van der Waals surface area contributed by atoms with Crippen LogP contribution in [0.2, 0.25) is 0 Å². The number of aliphatic carboxylic acids is 1. The monoisotopic (exact) mass is 258 g/mol. The summed E-state index contributed by atoms with van der Waals surface area (Å²) in [5.74, 6) is -0.563. The van der Waals surface area contributed by atoms with Gasteiger partial charge in [0.2, 0.25) is 0 Å². The van der Waals surface area contributed by atoms with Crippen molar-refractivity contribution < 1.29 is 9.90 Å². The predicted octanol–water partition coefficient (Wildman–Crippen LogP) is 1.35. The molecule has 0 saturated heterocycles. The number of anilines is 1. The Bertz CT molecular complexity index is 566. The number of hydrogen-bond acceptors (Lipinski definition) is 5. The summed E-state index contributed by atoms with van der Waals surface area (Å²) in [4.78, 5) is 19.4. The lowest BCUT2D eigenvalue weighted by Gasteiger charge is -2.20. The smallest absolute Gasteiger partial charge is 0.137 e. The standard InChI is InChI=1S/C14H17N3O2/c1-2-3-7-12(14(18)19)17-13-10-6-4-5-8-11(10)15-9-16-13/h4-6,8-9,12H,2-3,7H2,1H3,(H,18,19)(H,15,16,17)/p-1/t12-/m1/s1. The van der Waals surface area contributed by atoms with Crippen LogP contribution >= 0.6 is 0 Å². The van der Waals surface area contributed by atoms with Crippen LogP contribution in [0.4, 0.5) is 5.82 Å². The zero-order chi connectivity index (χ0) is 13.7. The zero-order valence-corrected chi connectivity index (χ0v) is 10.8. The van der Waals surface area contributed by atoms with E-state index in [9.17, 15) is 9.90 Å². The molecular formula is C14H16N3O2-. The number of rotatable bonds is 6. The first-order chi connectivity index (χ1) is 9.22. The maximum absolute atomic E-state index is 11.1. The average molecular weight is 258 g/mol. The van der Waals surface area contributed by atoms with Gasteiger partial charge in [-0.25, -0.2) is 9.97 Å². The lowest BCUT2D eigenvalue weighted by atomic mass is 10.1. The van der Waals surface area contributed by atoms with Crippen molar-refractivity contribution in [1.29, 1.82) is 0 Å². The van der Waals surface area contributed by atoms with Crippen molar-refractivity contribution in [2.75, 3.05) is 5.32 Å². The van der Waals surface area contributed by atoms with E-state index in [1.54, 1.807) is 0 Å². The van der Waals surface area contributed by atoms with Crippen molar-refractivity contribution in [1.82, 2.24) is 9.97 Å². The molecule has 0 aliphatic rings. The van der Waals surface area contributed by atoms with E-state index in [1.165, 1.54) is 6.33 Å². The van der Waals surface area contributed by atoms with Gasteiger partial charge in [0, 0.05) is 5.39 Å². The van der Waals surface area contributed by atoms with Crippen LogP contribution in [0, 0.1) is 0 Å². The number of fused-ring (bicyclic) bond motifs is 1. The average Bonchev–Trinajstić information content (AvgIpc) is 2.43. The van der Waals surface area contributed by atoms with Gasteiger partial charge in [-0.05, 0) is 18.6 Å². The van der Waals surface area contributed by atoms with Gasteiger partial charge in [0.25, 0.3) is 0 Å². The first kappa shape index (κ1) is 13.3. The number of para-hydroxylation sites is 1. The fourth-order valence-electron chi connectivity index (χ4n) is 1.94. The quantitative estimate of drug-likeness (QED) is 0.846. The van der Waals surface area contributed by atoms with E-state index >= 15 is 0 Å². The number of aromatic nitrogens is 2. The van der Waals surface area contributed by atoms with E-state index in [0.717, 1.165) is 23.7 Å². The Labute approximate surface area is 111 Å². The fourth-order valence-corrected chi connectivity index (χ4v) is 1.94. The highest BCUT2D eigenvalue weighted by Crippen LogP contribution is 2.19. The number of unbranched alkanes of at least 4 members (excludes halogenated alkanes) is 1. The Morgan fingerprint density at radius 2 is 2.16 bits per heavy atom. The van der Waals surface area contributed by atoms with Crippen molar-refractivity contribution in [3.63, 3.8) is 0 Å². The topological polar surface area (TPSA) is 77.9 Å². The lowest BCUT2D eigenvalue weighted by Crippen LogP contribution is -2.41. The second-order valence-electron chi connectivity index (χ2n) is 4.40. The minimum Gasteiger partial charge on any atom is -0.548 e. The van der Waals surface area contributed by atoms with E-state index in [1.807, 2.05) is 31.2 Å². The molecule has 0 aliphatic heterocycles. The Morgan fingerprint density at radius 1 is 1.37 bits per heavy atom. The first-order valence-corrected chi connectivity index (χ1v) is 6.39. The van der Waals surface area contributed by atoms with Crippen LogP contribution in [0.1, 0.15) is 26.2 Å². The zero-order valence-electron chi connectivity index (χ0n) is 10.8. The Morgan fingerprint density at radius 3 is 2.89 bits per heavy atom. The maximum Gasteiger partial charge on any atom is 0.137 e. The van der Waals surface area contributed by atoms with E-state index in [2.05, 4.69) is 15.3 Å². The molecule has 0 amide bonds. The van der Waals surface area contributed by atoms with Crippen LogP contribution in [0.25, 0.3) is 10.9 Å². The minimum atomic E-state index is -1.10. The molecule has 5 heteroatoms. The van der Waals surface area contributed by atoms with Gasteiger partial charge in [0.05, 0.1) is 17.5 Å². The molecule has 2 rings (SSSR count). The lowest BCUT2D eigenvalue weighted by molar-refractivity contribution is -0.306. The molecule has 1 aromatic heterocycles. The molecule has 2 aromatic rings. The second kappa shape index (κ2) is 6.13. The van der Waals surface area contributed by atoms with Gasteiger partial charge >= 0.3 is 0 Å². The second-order valence-corrected chi connectivity index (χ2v) is 4.40. The van der Waals surface area contributed by atoms with Crippen LogP contribution in [0.15, 0.2) is 30.6 Å². The van der Waals surface area contributed by atoms with Gasteiger partial charge < -0.3 is 15.2 Å². The Hall–Kier alpha value is -2.17. The van der Waals surface area contributed by atoms with Gasteiger partial charge in [0.1, 0.15) is 12.1 Å². The molecule has 0 bridgehead atoms. The number of carboxylic acid groups (broad SMARTS) is 1. The summed E-state index contributed by atoms with van der Waals surface area (Å²) >= 11 is 0. The van der Waals surface area contributed by atoms with Crippen molar-refractivity contribution >= 4 is 22.7 Å². The number of carbonyl (C=O) groups excluding carboxylic acids is 1. The molecule has 0 radical (unpaired) electrons. The van der Waals surface area contributed by atoms with E-state index in [4.69, 9.17) is 0 Å². The minimum absolute atomic E-state index is 0.525. The molecule has 0 unspecified atom stereocenters. The Balaban J connectivity index is 2.26. The Kier molecular flexibility index (Phi) is 4.28. The summed E-state index contributed by atoms with van der Waals surface area (Å²) in [5, 5.41) is 14.9. The van der Waals surface area contributed by atoms with Crippen molar-refractivity contribution in [3.8, 4) is 0 Å². The number of carboxylic acids is 1. The first-order valence-electron chi connectivity index (χ1n) is 6.39. The third kappa shape index (κ3) is 3.19. The van der Waals surface area contributed by atoms with Gasteiger partial charge in [-0.15, -0.1) is 0 Å². The van der Waals surface area contributed by atoms with Gasteiger partial charge in [-0.1, -0.05) is 31.9 Å². The van der Waals surface area contributed by atoms with Crippen molar-refractivity contribution in [2.24, 2.45) is 0 Å². The van der Waals surface area contributed by atoms with Crippen LogP contribution in [-0.2, 0) is 4.79 Å². The molecular weight excluding hydrogens is 242 g/mol. The maximum atomic E-state index is 11.1. The third-order valence-electron chi connectivity index (χ3n) is 2.98. The number of carbonyl (C=O) groups is 1. The van der Waals surface area contributed by atoms with Crippen LogP contribution < -0.4 is 10.4 Å². The largest absolute Gasteiger partial charge is 0.548 e.